The standard InChI is InChI=1S/C20H22Cl2N2O3/c1-12(11-14-7-9-15(25)10-8-14)24(3)20(27)13(2)23-19(26)16-5-4-6-17(21)18(16)22/h4-10,12-13,25H,11H2,1-3H3,(H,23,26). The van der Waals surface area contributed by atoms with Crippen molar-refractivity contribution in [2.24, 2.45) is 0 Å². The molecule has 7 heteroatoms. The van der Waals surface area contributed by atoms with Crippen LogP contribution in [0.15, 0.2) is 42.5 Å². The summed E-state index contributed by atoms with van der Waals surface area (Å²) in [5.74, 6) is -0.470. The van der Waals surface area contributed by atoms with Gasteiger partial charge in [0, 0.05) is 13.1 Å². The third-order valence-electron chi connectivity index (χ3n) is 4.39. The SMILES string of the molecule is CC(NC(=O)c1cccc(Cl)c1Cl)C(=O)N(C)C(C)Cc1ccc(O)cc1. The molecule has 2 aromatic rings. The van der Waals surface area contributed by atoms with Crippen LogP contribution in [0.1, 0.15) is 29.8 Å². The molecule has 2 rings (SSSR count). The number of halogens is 2. The Morgan fingerprint density at radius 2 is 1.74 bits per heavy atom. The Bertz CT molecular complexity index is 824. The zero-order valence-corrected chi connectivity index (χ0v) is 16.9. The van der Waals surface area contributed by atoms with E-state index in [2.05, 4.69) is 5.32 Å². The minimum absolute atomic E-state index is 0.0869. The average Bonchev–Trinajstić information content (AvgIpc) is 2.64. The smallest absolute Gasteiger partial charge is 0.253 e. The van der Waals surface area contributed by atoms with Crippen LogP contribution in [0.3, 0.4) is 0 Å². The van der Waals surface area contributed by atoms with Gasteiger partial charge >= 0.3 is 0 Å². The lowest BCUT2D eigenvalue weighted by atomic mass is 10.1. The third kappa shape index (κ3) is 5.37. The number of aromatic hydroxyl groups is 1. The molecule has 0 radical (unpaired) electrons. The van der Waals surface area contributed by atoms with Gasteiger partial charge in [-0.3, -0.25) is 9.59 Å². The fourth-order valence-corrected chi connectivity index (χ4v) is 3.03. The number of nitrogens with one attached hydrogen (secondary N) is 1. The molecule has 0 fully saturated rings. The number of rotatable bonds is 6. The molecule has 2 unspecified atom stereocenters. The molecule has 2 aromatic carbocycles. The van der Waals surface area contributed by atoms with E-state index in [0.717, 1.165) is 5.56 Å². The Kier molecular flexibility index (Phi) is 7.11. The lowest BCUT2D eigenvalue weighted by Gasteiger charge is -2.28. The number of phenolic OH excluding ortho intramolecular Hbond substituents is 1. The molecule has 2 N–H and O–H groups in total. The molecular weight excluding hydrogens is 387 g/mol. The Balaban J connectivity index is 1.99. The van der Waals surface area contributed by atoms with Crippen molar-refractivity contribution in [1.29, 1.82) is 0 Å². The first kappa shape index (κ1) is 21.1. The van der Waals surface area contributed by atoms with E-state index in [1.165, 1.54) is 0 Å². The molecule has 0 saturated carbocycles. The van der Waals surface area contributed by atoms with Gasteiger partial charge < -0.3 is 15.3 Å². The van der Waals surface area contributed by atoms with E-state index in [-0.39, 0.29) is 33.3 Å². The van der Waals surface area contributed by atoms with Gasteiger partial charge in [0.25, 0.3) is 5.91 Å². The molecule has 0 aromatic heterocycles. The lowest BCUT2D eigenvalue weighted by molar-refractivity contribution is -0.133. The molecular formula is C20H22Cl2N2O3. The van der Waals surface area contributed by atoms with E-state index in [0.29, 0.717) is 6.42 Å². The van der Waals surface area contributed by atoms with Crippen molar-refractivity contribution in [2.45, 2.75) is 32.4 Å². The van der Waals surface area contributed by atoms with Gasteiger partial charge in [0.05, 0.1) is 15.6 Å². The second-order valence-corrected chi connectivity index (χ2v) is 7.25. The maximum atomic E-state index is 12.7. The van der Waals surface area contributed by atoms with Crippen LogP contribution in [0, 0.1) is 0 Å². The number of amides is 2. The van der Waals surface area contributed by atoms with Crippen molar-refractivity contribution < 1.29 is 14.7 Å². The van der Waals surface area contributed by atoms with Crippen LogP contribution < -0.4 is 5.32 Å². The zero-order chi connectivity index (χ0) is 20.1. The van der Waals surface area contributed by atoms with Gasteiger partial charge in [0.2, 0.25) is 5.91 Å². The highest BCUT2D eigenvalue weighted by Crippen LogP contribution is 2.25. The number of phenols is 1. The van der Waals surface area contributed by atoms with Gasteiger partial charge in [-0.1, -0.05) is 41.4 Å². The van der Waals surface area contributed by atoms with Gasteiger partial charge in [-0.15, -0.1) is 0 Å². The maximum Gasteiger partial charge on any atom is 0.253 e. The summed E-state index contributed by atoms with van der Waals surface area (Å²) in [6.45, 7) is 3.55. The average molecular weight is 409 g/mol. The Hall–Kier alpha value is -2.24. The molecule has 0 aliphatic heterocycles. The Morgan fingerprint density at radius 1 is 1.11 bits per heavy atom. The first-order valence-electron chi connectivity index (χ1n) is 8.50. The topological polar surface area (TPSA) is 69.6 Å². The molecule has 27 heavy (non-hydrogen) atoms. The Labute approximate surface area is 168 Å². The summed E-state index contributed by atoms with van der Waals surface area (Å²) in [5, 5.41) is 12.5. The van der Waals surface area contributed by atoms with Crippen LogP contribution in [-0.2, 0) is 11.2 Å². The van der Waals surface area contributed by atoms with Crippen molar-refractivity contribution >= 4 is 35.0 Å². The van der Waals surface area contributed by atoms with E-state index < -0.39 is 11.9 Å². The van der Waals surface area contributed by atoms with Gasteiger partial charge in [0.15, 0.2) is 0 Å². The number of nitrogens with zero attached hydrogens (tertiary/aromatic N) is 1. The monoisotopic (exact) mass is 408 g/mol. The molecule has 0 aliphatic rings. The minimum Gasteiger partial charge on any atom is -0.508 e. The fourth-order valence-electron chi connectivity index (χ4n) is 2.65. The summed E-state index contributed by atoms with van der Waals surface area (Å²) in [6.07, 6.45) is 0.628. The van der Waals surface area contributed by atoms with Crippen molar-refractivity contribution in [1.82, 2.24) is 10.2 Å². The number of likely N-dealkylation sites (N-methyl/N-ethyl adjacent to an activating group) is 1. The van der Waals surface area contributed by atoms with Gasteiger partial charge in [-0.05, 0) is 50.1 Å². The highest BCUT2D eigenvalue weighted by atomic mass is 35.5. The molecule has 0 saturated heterocycles. The van der Waals surface area contributed by atoms with Crippen LogP contribution in [0.5, 0.6) is 5.75 Å². The van der Waals surface area contributed by atoms with E-state index >= 15 is 0 Å². The highest BCUT2D eigenvalue weighted by molar-refractivity contribution is 6.43. The van der Waals surface area contributed by atoms with E-state index in [1.807, 2.05) is 19.1 Å². The second kappa shape index (κ2) is 9.11. The molecule has 0 bridgehead atoms. The van der Waals surface area contributed by atoms with Crippen molar-refractivity contribution in [3.63, 3.8) is 0 Å². The molecule has 0 heterocycles. The van der Waals surface area contributed by atoms with Crippen LogP contribution in [0.2, 0.25) is 10.0 Å². The molecule has 0 aliphatic carbocycles. The molecule has 0 spiro atoms. The van der Waals surface area contributed by atoms with Crippen molar-refractivity contribution in [3.05, 3.63) is 63.6 Å². The molecule has 144 valence electrons. The highest BCUT2D eigenvalue weighted by Gasteiger charge is 2.24. The molecule has 2 amide bonds. The summed E-state index contributed by atoms with van der Waals surface area (Å²) in [7, 11) is 1.70. The lowest BCUT2D eigenvalue weighted by Crippen LogP contribution is -2.48. The zero-order valence-electron chi connectivity index (χ0n) is 15.4. The number of hydrogen-bond acceptors (Lipinski definition) is 3. The van der Waals surface area contributed by atoms with Crippen LogP contribution in [0.4, 0.5) is 0 Å². The number of benzene rings is 2. The second-order valence-electron chi connectivity index (χ2n) is 6.47. The first-order chi connectivity index (χ1) is 12.7. The summed E-state index contributed by atoms with van der Waals surface area (Å²) >= 11 is 12.0. The van der Waals surface area contributed by atoms with Gasteiger partial charge in [-0.2, -0.15) is 0 Å². The summed E-state index contributed by atoms with van der Waals surface area (Å²) in [6, 6.07) is 10.8. The van der Waals surface area contributed by atoms with Gasteiger partial charge in [0.1, 0.15) is 11.8 Å². The largest absolute Gasteiger partial charge is 0.508 e. The summed E-state index contributed by atoms with van der Waals surface area (Å²) in [5.41, 5.74) is 1.23. The third-order valence-corrected chi connectivity index (χ3v) is 5.21. The quantitative estimate of drug-likeness (QED) is 0.760. The predicted molar refractivity (Wildman–Crippen MR) is 107 cm³/mol. The normalized spacial score (nSPS) is 12.9. The van der Waals surface area contributed by atoms with Crippen molar-refractivity contribution in [3.8, 4) is 5.75 Å². The summed E-state index contributed by atoms with van der Waals surface area (Å²) < 4.78 is 0. The van der Waals surface area contributed by atoms with E-state index in [1.54, 1.807) is 49.2 Å². The number of carbonyl (C=O) groups excluding carboxylic acids is 2. The first-order valence-corrected chi connectivity index (χ1v) is 9.25. The minimum atomic E-state index is -0.722. The van der Waals surface area contributed by atoms with E-state index in [9.17, 15) is 14.7 Å². The molecule has 2 atom stereocenters. The van der Waals surface area contributed by atoms with Gasteiger partial charge in [-0.25, -0.2) is 0 Å². The molecule has 5 nitrogen and oxygen atoms in total. The van der Waals surface area contributed by atoms with E-state index in [4.69, 9.17) is 23.2 Å². The van der Waals surface area contributed by atoms with Crippen LogP contribution >= 0.6 is 23.2 Å². The predicted octanol–water partition coefficient (Wildman–Crippen LogP) is 3.91. The maximum absolute atomic E-state index is 12.7. The number of carbonyl (C=O) groups is 2. The Morgan fingerprint density at radius 3 is 2.37 bits per heavy atom. The number of hydrogen-bond donors (Lipinski definition) is 2. The fraction of sp³-hybridized carbons (Fsp3) is 0.300. The van der Waals surface area contributed by atoms with Crippen LogP contribution in [-0.4, -0.2) is 41.0 Å². The van der Waals surface area contributed by atoms with Crippen molar-refractivity contribution in [2.75, 3.05) is 7.05 Å². The van der Waals surface area contributed by atoms with Crippen LogP contribution in [0.25, 0.3) is 0 Å². The summed E-state index contributed by atoms with van der Waals surface area (Å²) in [4.78, 5) is 26.7.